The van der Waals surface area contributed by atoms with Gasteiger partial charge in [-0.2, -0.15) is 0 Å². The molecule has 1 aromatic heterocycles. The number of rotatable bonds is 4. The Labute approximate surface area is 116 Å². The number of hydrogen-bond acceptors (Lipinski definition) is 3. The quantitative estimate of drug-likeness (QED) is 0.893. The molecule has 4 nitrogen and oxygen atoms in total. The minimum absolute atomic E-state index is 0.0131. The Morgan fingerprint density at radius 2 is 2.37 bits per heavy atom. The molecule has 1 unspecified atom stereocenters. The molecule has 2 aromatic rings. The summed E-state index contributed by atoms with van der Waals surface area (Å²) in [7, 11) is 0. The highest BCUT2D eigenvalue weighted by Gasteiger charge is 2.27. The van der Waals surface area contributed by atoms with Crippen LogP contribution in [0.1, 0.15) is 11.3 Å². The predicted octanol–water partition coefficient (Wildman–Crippen LogP) is 1.79. The van der Waals surface area contributed by atoms with Crippen LogP contribution in [0, 0.1) is 0 Å². The van der Waals surface area contributed by atoms with Crippen LogP contribution in [0.2, 0.25) is 0 Å². The Morgan fingerprint density at radius 1 is 1.47 bits per heavy atom. The van der Waals surface area contributed by atoms with Gasteiger partial charge in [0.1, 0.15) is 0 Å². The van der Waals surface area contributed by atoms with Crippen molar-refractivity contribution in [3.05, 3.63) is 48.0 Å². The molecule has 1 amide bonds. The van der Waals surface area contributed by atoms with Crippen LogP contribution in [0.5, 0.6) is 0 Å². The highest BCUT2D eigenvalue weighted by molar-refractivity contribution is 8.01. The minimum Gasteiger partial charge on any atom is -0.355 e. The second kappa shape index (κ2) is 5.48. The summed E-state index contributed by atoms with van der Waals surface area (Å²) < 4.78 is 0. The number of carbonyl (C=O) groups excluding carboxylic acids is 1. The number of thioether (sulfide) groups is 1. The Hall–Kier alpha value is -1.75. The van der Waals surface area contributed by atoms with E-state index in [9.17, 15) is 4.79 Å². The smallest absolute Gasteiger partial charge is 0.233 e. The van der Waals surface area contributed by atoms with Crippen molar-refractivity contribution in [2.75, 3.05) is 6.54 Å². The van der Waals surface area contributed by atoms with Gasteiger partial charge in [-0.15, -0.1) is 11.8 Å². The molecule has 3 rings (SSSR count). The molecule has 1 aliphatic rings. The van der Waals surface area contributed by atoms with E-state index in [1.54, 1.807) is 24.3 Å². The van der Waals surface area contributed by atoms with Gasteiger partial charge in [-0.1, -0.05) is 18.2 Å². The number of nitrogens with zero attached hydrogens (tertiary/aromatic N) is 1. The molecule has 19 heavy (non-hydrogen) atoms. The van der Waals surface area contributed by atoms with Crippen molar-refractivity contribution >= 4 is 17.7 Å². The third kappa shape index (κ3) is 2.81. The second-order valence-electron chi connectivity index (χ2n) is 4.54. The first kappa shape index (κ1) is 12.3. The van der Waals surface area contributed by atoms with Crippen LogP contribution in [-0.4, -0.2) is 27.7 Å². The lowest BCUT2D eigenvalue weighted by molar-refractivity contribution is -0.120. The summed E-state index contributed by atoms with van der Waals surface area (Å²) in [5, 5.41) is 3.00. The van der Waals surface area contributed by atoms with Gasteiger partial charge < -0.3 is 10.3 Å². The van der Waals surface area contributed by atoms with E-state index in [2.05, 4.69) is 27.4 Å². The number of H-pyrrole nitrogens is 1. The van der Waals surface area contributed by atoms with E-state index in [4.69, 9.17) is 0 Å². The SMILES string of the molecule is O=C(NCCc1cnc[nH]1)C1Cc2ccccc2S1. The molecule has 0 spiro atoms. The zero-order valence-corrected chi connectivity index (χ0v) is 11.2. The van der Waals surface area contributed by atoms with Gasteiger partial charge in [0.25, 0.3) is 0 Å². The van der Waals surface area contributed by atoms with Crippen molar-refractivity contribution < 1.29 is 4.79 Å². The second-order valence-corrected chi connectivity index (χ2v) is 5.78. The van der Waals surface area contributed by atoms with Crippen LogP contribution >= 0.6 is 11.8 Å². The van der Waals surface area contributed by atoms with Crippen LogP contribution in [0.4, 0.5) is 0 Å². The number of imidazole rings is 1. The molecule has 0 saturated carbocycles. The molecule has 2 N–H and O–H groups in total. The number of fused-ring (bicyclic) bond motifs is 1. The molecule has 0 aliphatic carbocycles. The summed E-state index contributed by atoms with van der Waals surface area (Å²) in [6.07, 6.45) is 5.06. The highest BCUT2D eigenvalue weighted by atomic mass is 32.2. The summed E-state index contributed by atoms with van der Waals surface area (Å²) in [6.45, 7) is 0.647. The maximum absolute atomic E-state index is 12.1. The molecule has 1 aromatic carbocycles. The Morgan fingerprint density at radius 3 is 3.16 bits per heavy atom. The molecule has 1 aliphatic heterocycles. The van der Waals surface area contributed by atoms with Crippen molar-refractivity contribution in [2.45, 2.75) is 23.0 Å². The first-order valence-electron chi connectivity index (χ1n) is 6.32. The summed E-state index contributed by atoms with van der Waals surface area (Å²) in [5.41, 5.74) is 2.32. The first-order chi connectivity index (χ1) is 9.33. The Balaban J connectivity index is 1.50. The number of benzene rings is 1. The van der Waals surface area contributed by atoms with Crippen molar-refractivity contribution in [1.82, 2.24) is 15.3 Å². The van der Waals surface area contributed by atoms with Crippen LogP contribution in [-0.2, 0) is 17.6 Å². The molecule has 5 heteroatoms. The van der Waals surface area contributed by atoms with E-state index in [0.29, 0.717) is 6.54 Å². The highest BCUT2D eigenvalue weighted by Crippen LogP contribution is 2.36. The van der Waals surface area contributed by atoms with Crippen LogP contribution in [0.3, 0.4) is 0 Å². The molecule has 0 fully saturated rings. The zero-order chi connectivity index (χ0) is 13.1. The number of amides is 1. The fraction of sp³-hybridized carbons (Fsp3) is 0.286. The summed E-state index contributed by atoms with van der Waals surface area (Å²) in [5.74, 6) is 0.126. The number of carbonyl (C=O) groups is 1. The summed E-state index contributed by atoms with van der Waals surface area (Å²) in [6, 6.07) is 8.22. The fourth-order valence-corrected chi connectivity index (χ4v) is 3.40. The van der Waals surface area contributed by atoms with Crippen molar-refractivity contribution in [3.63, 3.8) is 0 Å². The maximum Gasteiger partial charge on any atom is 0.233 e. The molecule has 98 valence electrons. The molecular formula is C14H15N3OS. The van der Waals surface area contributed by atoms with Crippen molar-refractivity contribution in [2.24, 2.45) is 0 Å². The zero-order valence-electron chi connectivity index (χ0n) is 10.4. The van der Waals surface area contributed by atoms with Crippen molar-refractivity contribution in [3.8, 4) is 0 Å². The molecule has 0 saturated heterocycles. The van der Waals surface area contributed by atoms with Crippen LogP contribution < -0.4 is 5.32 Å². The van der Waals surface area contributed by atoms with Crippen molar-refractivity contribution in [1.29, 1.82) is 0 Å². The van der Waals surface area contributed by atoms with E-state index >= 15 is 0 Å². The lowest BCUT2D eigenvalue weighted by atomic mass is 10.1. The predicted molar refractivity (Wildman–Crippen MR) is 75.1 cm³/mol. The Kier molecular flexibility index (Phi) is 3.55. The van der Waals surface area contributed by atoms with Gasteiger partial charge in [-0.05, 0) is 18.1 Å². The van der Waals surface area contributed by atoms with E-state index in [-0.39, 0.29) is 11.2 Å². The largest absolute Gasteiger partial charge is 0.355 e. The number of aromatic amines is 1. The van der Waals surface area contributed by atoms with Gasteiger partial charge in [0.2, 0.25) is 5.91 Å². The molecule has 2 heterocycles. The van der Waals surface area contributed by atoms with E-state index in [1.165, 1.54) is 10.5 Å². The van der Waals surface area contributed by atoms with Gasteiger partial charge in [-0.25, -0.2) is 4.98 Å². The van der Waals surface area contributed by atoms with Gasteiger partial charge in [0.15, 0.2) is 0 Å². The average molecular weight is 273 g/mol. The normalized spacial score (nSPS) is 17.2. The third-order valence-corrected chi connectivity index (χ3v) is 4.51. The van der Waals surface area contributed by atoms with E-state index in [0.717, 1.165) is 18.5 Å². The number of aromatic nitrogens is 2. The van der Waals surface area contributed by atoms with Gasteiger partial charge >= 0.3 is 0 Å². The molecule has 0 bridgehead atoms. The average Bonchev–Trinajstić information content (AvgIpc) is 3.07. The lowest BCUT2D eigenvalue weighted by Crippen LogP contribution is -2.33. The standard InChI is InChI=1S/C14H15N3OS/c18-14(16-6-5-11-8-15-9-17-11)13-7-10-3-1-2-4-12(10)19-13/h1-4,8-9,13H,5-7H2,(H,15,17)(H,16,18). The lowest BCUT2D eigenvalue weighted by Gasteiger charge is -2.09. The minimum atomic E-state index is 0.0131. The van der Waals surface area contributed by atoms with E-state index in [1.807, 2.05) is 12.1 Å². The summed E-state index contributed by atoms with van der Waals surface area (Å²) in [4.78, 5) is 20.3. The van der Waals surface area contributed by atoms with Gasteiger partial charge in [-0.3, -0.25) is 4.79 Å². The maximum atomic E-state index is 12.1. The molecular weight excluding hydrogens is 258 g/mol. The molecule has 1 atom stereocenters. The van der Waals surface area contributed by atoms with E-state index < -0.39 is 0 Å². The summed E-state index contributed by atoms with van der Waals surface area (Å²) >= 11 is 1.66. The monoisotopic (exact) mass is 273 g/mol. The first-order valence-corrected chi connectivity index (χ1v) is 7.20. The number of nitrogens with one attached hydrogen (secondary N) is 2. The number of hydrogen-bond donors (Lipinski definition) is 2. The van der Waals surface area contributed by atoms with Crippen LogP contribution in [0.25, 0.3) is 0 Å². The van der Waals surface area contributed by atoms with Crippen LogP contribution in [0.15, 0.2) is 41.7 Å². The third-order valence-electron chi connectivity index (χ3n) is 3.19. The fourth-order valence-electron chi connectivity index (χ4n) is 2.18. The van der Waals surface area contributed by atoms with Gasteiger partial charge in [0, 0.05) is 29.8 Å². The molecule has 0 radical (unpaired) electrons. The topological polar surface area (TPSA) is 57.8 Å². The van der Waals surface area contributed by atoms with Gasteiger partial charge in [0.05, 0.1) is 11.6 Å². The Bertz CT molecular complexity index is 543.